The van der Waals surface area contributed by atoms with Crippen molar-refractivity contribution in [3.05, 3.63) is 27.5 Å². The van der Waals surface area contributed by atoms with Gasteiger partial charge in [0.25, 0.3) is 0 Å². The van der Waals surface area contributed by atoms with Gasteiger partial charge in [0.15, 0.2) is 0 Å². The second-order valence-electron chi connectivity index (χ2n) is 3.37. The molecule has 0 radical (unpaired) electrons. The van der Waals surface area contributed by atoms with Gasteiger partial charge >= 0.3 is 0 Å². The van der Waals surface area contributed by atoms with Crippen LogP contribution in [0.25, 0.3) is 0 Å². The molecule has 2 rings (SSSR count). The standard InChI is InChI=1S/C9H9BrClNO/c10-6-4-7(11)8(12-5-6)9(13)2-1-3-9/h4-5,13H,1-3H2. The Morgan fingerprint density at radius 3 is 2.69 bits per heavy atom. The molecular formula is C9H9BrClNO. The fourth-order valence-corrected chi connectivity index (χ4v) is 2.31. The van der Waals surface area contributed by atoms with Crippen LogP contribution < -0.4 is 0 Å². The van der Waals surface area contributed by atoms with Crippen LogP contribution in [0.15, 0.2) is 16.7 Å². The number of hydrogen-bond donors (Lipinski definition) is 1. The van der Waals surface area contributed by atoms with Gasteiger partial charge in [-0.05, 0) is 41.3 Å². The van der Waals surface area contributed by atoms with Gasteiger partial charge in [-0.3, -0.25) is 4.98 Å². The van der Waals surface area contributed by atoms with Gasteiger partial charge in [-0.1, -0.05) is 11.6 Å². The minimum atomic E-state index is -0.766. The predicted molar refractivity (Wildman–Crippen MR) is 54.7 cm³/mol. The summed E-state index contributed by atoms with van der Waals surface area (Å²) < 4.78 is 0.837. The third-order valence-corrected chi connectivity index (χ3v) is 3.15. The maximum Gasteiger partial charge on any atom is 0.108 e. The van der Waals surface area contributed by atoms with Gasteiger partial charge in [-0.15, -0.1) is 0 Å². The highest BCUT2D eigenvalue weighted by atomic mass is 79.9. The zero-order chi connectivity index (χ0) is 9.47. The Morgan fingerprint density at radius 1 is 1.54 bits per heavy atom. The van der Waals surface area contributed by atoms with Crippen LogP contribution in [-0.4, -0.2) is 10.1 Å². The fraction of sp³-hybridized carbons (Fsp3) is 0.444. The van der Waals surface area contributed by atoms with Crippen LogP contribution in [0.5, 0.6) is 0 Å². The Morgan fingerprint density at radius 2 is 2.23 bits per heavy atom. The Kier molecular flexibility index (Phi) is 2.34. The number of hydrogen-bond acceptors (Lipinski definition) is 2. The predicted octanol–water partition coefficient (Wildman–Crippen LogP) is 2.87. The van der Waals surface area contributed by atoms with Gasteiger partial charge in [0.1, 0.15) is 5.60 Å². The molecule has 0 unspecified atom stereocenters. The first-order valence-corrected chi connectivity index (χ1v) is 5.33. The van der Waals surface area contributed by atoms with Crippen molar-refractivity contribution in [2.75, 3.05) is 0 Å². The summed E-state index contributed by atoms with van der Waals surface area (Å²) in [5, 5.41) is 10.5. The van der Waals surface area contributed by atoms with E-state index in [1.54, 1.807) is 12.3 Å². The summed E-state index contributed by atoms with van der Waals surface area (Å²) in [7, 11) is 0. The van der Waals surface area contributed by atoms with Crippen molar-refractivity contribution >= 4 is 27.5 Å². The molecule has 0 saturated heterocycles. The molecule has 0 aromatic carbocycles. The molecule has 13 heavy (non-hydrogen) atoms. The average molecular weight is 263 g/mol. The molecule has 1 saturated carbocycles. The molecule has 1 N–H and O–H groups in total. The zero-order valence-electron chi connectivity index (χ0n) is 6.93. The van der Waals surface area contributed by atoms with Crippen LogP contribution in [0, 0.1) is 0 Å². The summed E-state index contributed by atoms with van der Waals surface area (Å²) in [4.78, 5) is 4.14. The molecule has 1 aliphatic carbocycles. The van der Waals surface area contributed by atoms with Gasteiger partial charge in [0.2, 0.25) is 0 Å². The SMILES string of the molecule is OC1(c2ncc(Br)cc2Cl)CCC1. The first-order chi connectivity index (χ1) is 6.12. The maximum atomic E-state index is 9.99. The third kappa shape index (κ3) is 1.60. The Balaban J connectivity index is 2.40. The highest BCUT2D eigenvalue weighted by molar-refractivity contribution is 9.10. The van der Waals surface area contributed by atoms with Gasteiger partial charge in [-0.25, -0.2) is 0 Å². The normalized spacial score (nSPS) is 19.6. The van der Waals surface area contributed by atoms with E-state index in [0.29, 0.717) is 10.7 Å². The summed E-state index contributed by atoms with van der Waals surface area (Å²) >= 11 is 9.25. The molecule has 0 aliphatic heterocycles. The average Bonchev–Trinajstić information content (AvgIpc) is 2.00. The summed E-state index contributed by atoms with van der Waals surface area (Å²) in [6, 6.07) is 1.76. The van der Waals surface area contributed by atoms with Crippen LogP contribution in [0.2, 0.25) is 5.02 Å². The maximum absolute atomic E-state index is 9.99. The van der Waals surface area contributed by atoms with Crippen molar-refractivity contribution in [3.63, 3.8) is 0 Å². The van der Waals surface area contributed by atoms with Crippen LogP contribution in [-0.2, 0) is 5.60 Å². The second kappa shape index (κ2) is 3.23. The first-order valence-electron chi connectivity index (χ1n) is 4.16. The smallest absolute Gasteiger partial charge is 0.108 e. The lowest BCUT2D eigenvalue weighted by Gasteiger charge is -2.36. The van der Waals surface area contributed by atoms with Gasteiger partial charge in [-0.2, -0.15) is 0 Å². The lowest BCUT2D eigenvalue weighted by Crippen LogP contribution is -2.34. The van der Waals surface area contributed by atoms with Crippen LogP contribution in [0.1, 0.15) is 25.0 Å². The van der Waals surface area contributed by atoms with E-state index in [1.807, 2.05) is 0 Å². The van der Waals surface area contributed by atoms with E-state index < -0.39 is 5.60 Å². The number of aliphatic hydroxyl groups is 1. The van der Waals surface area contributed by atoms with Gasteiger partial charge < -0.3 is 5.11 Å². The number of halogens is 2. The molecule has 0 amide bonds. The fourth-order valence-electron chi connectivity index (χ4n) is 1.51. The van der Waals surface area contributed by atoms with Crippen LogP contribution in [0.3, 0.4) is 0 Å². The van der Waals surface area contributed by atoms with E-state index in [4.69, 9.17) is 11.6 Å². The second-order valence-corrected chi connectivity index (χ2v) is 4.69. The lowest BCUT2D eigenvalue weighted by molar-refractivity contribution is -0.0425. The monoisotopic (exact) mass is 261 g/mol. The number of rotatable bonds is 1. The molecule has 0 bridgehead atoms. The molecule has 1 aromatic heterocycles. The molecule has 1 heterocycles. The van der Waals surface area contributed by atoms with E-state index in [9.17, 15) is 5.11 Å². The van der Waals surface area contributed by atoms with E-state index >= 15 is 0 Å². The Bertz CT molecular complexity index is 338. The molecule has 70 valence electrons. The van der Waals surface area contributed by atoms with Gasteiger partial charge in [0.05, 0.1) is 10.7 Å². The summed E-state index contributed by atoms with van der Waals surface area (Å²) in [6.45, 7) is 0. The highest BCUT2D eigenvalue weighted by Gasteiger charge is 2.39. The lowest BCUT2D eigenvalue weighted by atomic mass is 9.77. The van der Waals surface area contributed by atoms with E-state index in [-0.39, 0.29) is 0 Å². The zero-order valence-corrected chi connectivity index (χ0v) is 9.27. The first kappa shape index (κ1) is 9.44. The van der Waals surface area contributed by atoms with E-state index in [2.05, 4.69) is 20.9 Å². The van der Waals surface area contributed by atoms with Crippen LogP contribution >= 0.6 is 27.5 Å². The summed E-state index contributed by atoms with van der Waals surface area (Å²) in [6.07, 6.45) is 4.24. The van der Waals surface area contributed by atoms with Gasteiger partial charge in [0, 0.05) is 10.7 Å². The van der Waals surface area contributed by atoms with Crippen molar-refractivity contribution < 1.29 is 5.11 Å². The Labute approximate surface area is 90.1 Å². The van der Waals surface area contributed by atoms with E-state index in [1.165, 1.54) is 0 Å². The molecule has 1 aliphatic rings. The summed E-state index contributed by atoms with van der Waals surface area (Å²) in [5.41, 5.74) is -0.152. The molecule has 4 heteroatoms. The number of pyridine rings is 1. The van der Waals surface area contributed by atoms with Crippen LogP contribution in [0.4, 0.5) is 0 Å². The largest absolute Gasteiger partial charge is 0.383 e. The third-order valence-electron chi connectivity index (χ3n) is 2.43. The van der Waals surface area contributed by atoms with E-state index in [0.717, 1.165) is 23.7 Å². The molecule has 1 fully saturated rings. The van der Waals surface area contributed by atoms with Crippen molar-refractivity contribution in [1.82, 2.24) is 4.98 Å². The molecule has 0 atom stereocenters. The van der Waals surface area contributed by atoms with Crippen molar-refractivity contribution in [1.29, 1.82) is 0 Å². The highest BCUT2D eigenvalue weighted by Crippen LogP contribution is 2.42. The van der Waals surface area contributed by atoms with Crippen molar-refractivity contribution in [2.45, 2.75) is 24.9 Å². The molecular weight excluding hydrogens is 253 g/mol. The minimum Gasteiger partial charge on any atom is -0.383 e. The molecule has 1 aromatic rings. The minimum absolute atomic E-state index is 0.538. The topological polar surface area (TPSA) is 33.1 Å². The molecule has 0 spiro atoms. The summed E-state index contributed by atoms with van der Waals surface area (Å²) in [5.74, 6) is 0. The quantitative estimate of drug-likeness (QED) is 0.844. The number of nitrogens with zero attached hydrogens (tertiary/aromatic N) is 1. The molecule has 2 nitrogen and oxygen atoms in total. The Hall–Kier alpha value is -0.120. The number of aromatic nitrogens is 1. The van der Waals surface area contributed by atoms with Crippen molar-refractivity contribution in [3.8, 4) is 0 Å². The van der Waals surface area contributed by atoms with Crippen molar-refractivity contribution in [2.24, 2.45) is 0 Å².